The largest absolute Gasteiger partial charge is 0.416 e. The molecule has 0 aliphatic carbocycles. The molecule has 0 atom stereocenters. The summed E-state index contributed by atoms with van der Waals surface area (Å²) >= 11 is 0. The Kier molecular flexibility index (Phi) is 4.71. The van der Waals surface area contributed by atoms with Crippen molar-refractivity contribution >= 4 is 28.4 Å². The molecule has 0 aliphatic heterocycles. The van der Waals surface area contributed by atoms with Crippen molar-refractivity contribution in [3.63, 3.8) is 0 Å². The molecule has 5 nitrogen and oxygen atoms in total. The Morgan fingerprint density at radius 1 is 0.960 bits per heavy atom. The van der Waals surface area contributed by atoms with Gasteiger partial charge in [-0.05, 0) is 36.4 Å². The van der Waals surface area contributed by atoms with Crippen molar-refractivity contribution in [2.24, 2.45) is 0 Å². The van der Waals surface area contributed by atoms with E-state index in [0.717, 1.165) is 17.5 Å². The van der Waals surface area contributed by atoms with E-state index >= 15 is 0 Å². The van der Waals surface area contributed by atoms with Gasteiger partial charge < -0.3 is 15.7 Å². The number of aliphatic hydroxyl groups excluding tert-OH is 1. The van der Waals surface area contributed by atoms with E-state index in [1.54, 1.807) is 6.07 Å². The topological polar surface area (TPSA) is 70.1 Å². The molecular formula is C17H15F3N4O. The van der Waals surface area contributed by atoms with Crippen LogP contribution in [0.3, 0.4) is 0 Å². The van der Waals surface area contributed by atoms with Gasteiger partial charge in [-0.15, -0.1) is 0 Å². The van der Waals surface area contributed by atoms with E-state index in [4.69, 9.17) is 5.11 Å². The standard InChI is InChI=1S/C17H15F3N4O/c18-17(19,20)11-5-7-12(8-6-11)22-16-23-14-4-2-1-3-13(14)15(24-16)21-9-10-25/h1-8,25H,9-10H2,(H2,21,22,23,24). The third-order valence-corrected chi connectivity index (χ3v) is 3.48. The third-order valence-electron chi connectivity index (χ3n) is 3.48. The molecule has 0 spiro atoms. The van der Waals surface area contributed by atoms with E-state index < -0.39 is 11.7 Å². The summed E-state index contributed by atoms with van der Waals surface area (Å²) < 4.78 is 37.9. The molecule has 0 saturated heterocycles. The van der Waals surface area contributed by atoms with Gasteiger partial charge in [-0.3, -0.25) is 0 Å². The highest BCUT2D eigenvalue weighted by Gasteiger charge is 2.29. The summed E-state index contributed by atoms with van der Waals surface area (Å²) in [5.74, 6) is 0.785. The minimum Gasteiger partial charge on any atom is -0.395 e. The lowest BCUT2D eigenvalue weighted by Crippen LogP contribution is -2.09. The van der Waals surface area contributed by atoms with Gasteiger partial charge in [-0.2, -0.15) is 18.2 Å². The van der Waals surface area contributed by atoms with Crippen molar-refractivity contribution in [3.05, 3.63) is 54.1 Å². The zero-order valence-corrected chi connectivity index (χ0v) is 13.0. The first-order valence-corrected chi connectivity index (χ1v) is 7.53. The number of para-hydroxylation sites is 1. The average molecular weight is 348 g/mol. The SMILES string of the molecule is OCCNc1nc(Nc2ccc(C(F)(F)F)cc2)nc2ccccc12. The van der Waals surface area contributed by atoms with Gasteiger partial charge in [0.1, 0.15) is 5.82 Å². The van der Waals surface area contributed by atoms with Crippen molar-refractivity contribution in [3.8, 4) is 0 Å². The number of nitrogens with zero attached hydrogens (tertiary/aromatic N) is 2. The number of aliphatic hydroxyl groups is 1. The Labute approximate surface area is 141 Å². The molecule has 25 heavy (non-hydrogen) atoms. The molecule has 0 unspecified atom stereocenters. The maximum absolute atomic E-state index is 12.6. The molecule has 3 N–H and O–H groups in total. The zero-order valence-electron chi connectivity index (χ0n) is 13.0. The van der Waals surface area contributed by atoms with Crippen LogP contribution in [0.15, 0.2) is 48.5 Å². The Bertz CT molecular complexity index is 866. The number of anilines is 3. The number of alkyl halides is 3. The molecule has 1 heterocycles. The van der Waals surface area contributed by atoms with Crippen LogP contribution in [-0.2, 0) is 6.18 Å². The fraction of sp³-hybridized carbons (Fsp3) is 0.176. The van der Waals surface area contributed by atoms with Gasteiger partial charge in [-0.25, -0.2) is 4.98 Å². The van der Waals surface area contributed by atoms with Gasteiger partial charge >= 0.3 is 6.18 Å². The molecule has 3 aromatic rings. The summed E-state index contributed by atoms with van der Waals surface area (Å²) in [5, 5.41) is 15.7. The van der Waals surface area contributed by atoms with Crippen LogP contribution < -0.4 is 10.6 Å². The molecular weight excluding hydrogens is 333 g/mol. The number of benzene rings is 2. The smallest absolute Gasteiger partial charge is 0.395 e. The highest BCUT2D eigenvalue weighted by atomic mass is 19.4. The Balaban J connectivity index is 1.90. The van der Waals surface area contributed by atoms with Crippen molar-refractivity contribution in [1.82, 2.24) is 9.97 Å². The minimum absolute atomic E-state index is 0.0556. The molecule has 1 aromatic heterocycles. The number of aromatic nitrogens is 2. The fourth-order valence-corrected chi connectivity index (χ4v) is 2.31. The van der Waals surface area contributed by atoms with E-state index in [2.05, 4.69) is 20.6 Å². The lowest BCUT2D eigenvalue weighted by atomic mass is 10.2. The van der Waals surface area contributed by atoms with Crippen LogP contribution in [0, 0.1) is 0 Å². The number of fused-ring (bicyclic) bond motifs is 1. The summed E-state index contributed by atoms with van der Waals surface area (Å²) in [6, 6.07) is 12.0. The van der Waals surface area contributed by atoms with E-state index in [1.165, 1.54) is 12.1 Å². The van der Waals surface area contributed by atoms with Crippen LogP contribution >= 0.6 is 0 Å². The van der Waals surface area contributed by atoms with Crippen molar-refractivity contribution in [2.45, 2.75) is 6.18 Å². The van der Waals surface area contributed by atoms with Crippen LogP contribution in [0.5, 0.6) is 0 Å². The first-order chi connectivity index (χ1) is 12.0. The highest BCUT2D eigenvalue weighted by molar-refractivity contribution is 5.90. The monoisotopic (exact) mass is 348 g/mol. The molecule has 0 bridgehead atoms. The normalized spacial score (nSPS) is 11.5. The molecule has 2 aromatic carbocycles. The van der Waals surface area contributed by atoms with E-state index in [1.807, 2.05) is 18.2 Å². The molecule has 0 radical (unpaired) electrons. The van der Waals surface area contributed by atoms with E-state index in [0.29, 0.717) is 23.6 Å². The average Bonchev–Trinajstić information content (AvgIpc) is 2.59. The summed E-state index contributed by atoms with van der Waals surface area (Å²) in [7, 11) is 0. The molecule has 0 amide bonds. The molecule has 0 saturated carbocycles. The predicted molar refractivity (Wildman–Crippen MR) is 89.8 cm³/mol. The minimum atomic E-state index is -4.38. The van der Waals surface area contributed by atoms with E-state index in [9.17, 15) is 13.2 Å². The van der Waals surface area contributed by atoms with Gasteiger partial charge in [0, 0.05) is 17.6 Å². The van der Waals surface area contributed by atoms with Crippen LogP contribution in [0.1, 0.15) is 5.56 Å². The summed E-state index contributed by atoms with van der Waals surface area (Å²) in [5.41, 5.74) is 0.395. The number of hydrogen-bond donors (Lipinski definition) is 3. The number of rotatable bonds is 5. The first-order valence-electron chi connectivity index (χ1n) is 7.53. The van der Waals surface area contributed by atoms with Crippen LogP contribution in [0.2, 0.25) is 0 Å². The zero-order chi connectivity index (χ0) is 17.9. The second-order valence-electron chi connectivity index (χ2n) is 5.26. The van der Waals surface area contributed by atoms with Crippen molar-refractivity contribution < 1.29 is 18.3 Å². The summed E-state index contributed by atoms with van der Waals surface area (Å²) in [4.78, 5) is 8.70. The lowest BCUT2D eigenvalue weighted by Gasteiger charge is -2.12. The van der Waals surface area contributed by atoms with E-state index in [-0.39, 0.29) is 12.6 Å². The number of nitrogens with one attached hydrogen (secondary N) is 2. The Morgan fingerprint density at radius 2 is 1.68 bits per heavy atom. The summed E-state index contributed by atoms with van der Waals surface area (Å²) in [6.45, 7) is 0.265. The predicted octanol–water partition coefficient (Wildman–Crippen LogP) is 3.80. The van der Waals surface area contributed by atoms with Crippen molar-refractivity contribution in [1.29, 1.82) is 0 Å². The van der Waals surface area contributed by atoms with Gasteiger partial charge in [0.25, 0.3) is 0 Å². The first kappa shape index (κ1) is 17.0. The maximum Gasteiger partial charge on any atom is 0.416 e. The quantitative estimate of drug-likeness (QED) is 0.654. The van der Waals surface area contributed by atoms with Crippen LogP contribution in [0.4, 0.5) is 30.6 Å². The van der Waals surface area contributed by atoms with Gasteiger partial charge in [0.2, 0.25) is 5.95 Å². The summed E-state index contributed by atoms with van der Waals surface area (Å²) in [6.07, 6.45) is -4.38. The van der Waals surface area contributed by atoms with Crippen LogP contribution in [-0.4, -0.2) is 28.2 Å². The Morgan fingerprint density at radius 3 is 2.36 bits per heavy atom. The highest BCUT2D eigenvalue weighted by Crippen LogP contribution is 2.30. The lowest BCUT2D eigenvalue weighted by molar-refractivity contribution is -0.137. The third kappa shape index (κ3) is 3.97. The molecule has 0 aliphatic rings. The number of hydrogen-bond acceptors (Lipinski definition) is 5. The molecule has 0 fully saturated rings. The van der Waals surface area contributed by atoms with Gasteiger partial charge in [-0.1, -0.05) is 12.1 Å². The maximum atomic E-state index is 12.6. The van der Waals surface area contributed by atoms with Gasteiger partial charge in [0.05, 0.1) is 17.7 Å². The fourth-order valence-electron chi connectivity index (χ4n) is 2.31. The van der Waals surface area contributed by atoms with Crippen LogP contribution in [0.25, 0.3) is 10.9 Å². The molecule has 8 heteroatoms. The molecule has 130 valence electrons. The second kappa shape index (κ2) is 6.94. The second-order valence-corrected chi connectivity index (χ2v) is 5.26. The molecule has 3 rings (SSSR count). The van der Waals surface area contributed by atoms with Gasteiger partial charge in [0.15, 0.2) is 0 Å². The Hall–Kier alpha value is -2.87. The van der Waals surface area contributed by atoms with Crippen molar-refractivity contribution in [2.75, 3.05) is 23.8 Å². The number of halogens is 3.